The Kier molecular flexibility index (Phi) is 4.32. The van der Waals surface area contributed by atoms with Crippen molar-refractivity contribution in [1.29, 1.82) is 0 Å². The SMILES string of the molecule is CC(=O)N1CC2CCC(C1)N(C(=O)c1c(F)ccc(C)c1Cl)C2. The number of carbonyl (C=O) groups excluding carboxylic acids is 2. The third kappa shape index (κ3) is 2.94. The van der Waals surface area contributed by atoms with Gasteiger partial charge >= 0.3 is 0 Å². The van der Waals surface area contributed by atoms with Crippen molar-refractivity contribution >= 4 is 23.4 Å². The van der Waals surface area contributed by atoms with E-state index in [1.165, 1.54) is 6.07 Å². The van der Waals surface area contributed by atoms with E-state index in [4.69, 9.17) is 11.6 Å². The second-order valence-electron chi connectivity index (χ2n) is 6.53. The van der Waals surface area contributed by atoms with Gasteiger partial charge in [0.1, 0.15) is 5.82 Å². The molecule has 3 fully saturated rings. The Morgan fingerprint density at radius 1 is 1.22 bits per heavy atom. The number of nitrogens with zero attached hydrogens (tertiary/aromatic N) is 2. The highest BCUT2D eigenvalue weighted by Crippen LogP contribution is 2.32. The average Bonchev–Trinajstić information content (AvgIpc) is 2.83. The minimum absolute atomic E-state index is 0.0240. The zero-order valence-electron chi connectivity index (χ0n) is 13.3. The number of rotatable bonds is 1. The summed E-state index contributed by atoms with van der Waals surface area (Å²) in [6.07, 6.45) is 1.83. The average molecular weight is 339 g/mol. The summed E-state index contributed by atoms with van der Waals surface area (Å²) in [6, 6.07) is 2.79. The summed E-state index contributed by atoms with van der Waals surface area (Å²) in [5.41, 5.74) is 0.635. The van der Waals surface area contributed by atoms with Crippen molar-refractivity contribution in [1.82, 2.24) is 9.80 Å². The van der Waals surface area contributed by atoms with E-state index in [0.29, 0.717) is 25.2 Å². The molecule has 0 aromatic heterocycles. The first-order chi connectivity index (χ1) is 10.9. The number of benzene rings is 1. The molecule has 23 heavy (non-hydrogen) atoms. The Labute approximate surface area is 140 Å². The van der Waals surface area contributed by atoms with Gasteiger partial charge in [0.05, 0.1) is 10.6 Å². The fourth-order valence-electron chi connectivity index (χ4n) is 3.58. The van der Waals surface area contributed by atoms with Crippen LogP contribution < -0.4 is 0 Å². The van der Waals surface area contributed by atoms with E-state index < -0.39 is 5.82 Å². The molecule has 2 unspecified atom stereocenters. The number of carbonyl (C=O) groups is 2. The molecular formula is C17H20ClFN2O2. The van der Waals surface area contributed by atoms with Gasteiger partial charge in [0.25, 0.3) is 5.91 Å². The standard InChI is InChI=1S/C17H20ClFN2O2/c1-10-3-6-14(19)15(16(10)18)17(23)21-8-12-4-5-13(21)9-20(7-12)11(2)22/h3,6,12-13H,4-5,7-9H2,1-2H3. The van der Waals surface area contributed by atoms with Crippen molar-refractivity contribution in [3.05, 3.63) is 34.1 Å². The van der Waals surface area contributed by atoms with Gasteiger partial charge in [-0.2, -0.15) is 0 Å². The zero-order valence-corrected chi connectivity index (χ0v) is 14.1. The second kappa shape index (κ2) is 6.11. The molecule has 1 aromatic rings. The summed E-state index contributed by atoms with van der Waals surface area (Å²) >= 11 is 6.18. The summed E-state index contributed by atoms with van der Waals surface area (Å²) in [4.78, 5) is 28.1. The maximum Gasteiger partial charge on any atom is 0.258 e. The number of amides is 2. The Balaban J connectivity index is 1.92. The van der Waals surface area contributed by atoms with E-state index in [9.17, 15) is 14.0 Å². The monoisotopic (exact) mass is 338 g/mol. The first-order valence-corrected chi connectivity index (χ1v) is 8.27. The van der Waals surface area contributed by atoms with Gasteiger partial charge in [0, 0.05) is 32.6 Å². The lowest BCUT2D eigenvalue weighted by Gasteiger charge is -2.36. The molecule has 0 radical (unpaired) electrons. The lowest BCUT2D eigenvalue weighted by Crippen LogP contribution is -2.48. The minimum Gasteiger partial charge on any atom is -0.341 e. The van der Waals surface area contributed by atoms with Gasteiger partial charge in [-0.25, -0.2) is 4.39 Å². The molecule has 0 aliphatic carbocycles. The van der Waals surface area contributed by atoms with E-state index in [0.717, 1.165) is 12.8 Å². The molecule has 2 amide bonds. The number of fused-ring (bicyclic) bond motifs is 4. The molecule has 3 aliphatic heterocycles. The number of halogens is 2. The van der Waals surface area contributed by atoms with Crippen LogP contribution in [0.15, 0.2) is 12.1 Å². The molecule has 2 atom stereocenters. The van der Waals surface area contributed by atoms with E-state index in [1.807, 2.05) is 0 Å². The molecule has 6 heteroatoms. The first kappa shape index (κ1) is 16.2. The molecule has 3 saturated heterocycles. The smallest absolute Gasteiger partial charge is 0.258 e. The lowest BCUT2D eigenvalue weighted by atomic mass is 9.94. The molecule has 4 nitrogen and oxygen atoms in total. The van der Waals surface area contributed by atoms with Crippen molar-refractivity contribution in [2.24, 2.45) is 5.92 Å². The van der Waals surface area contributed by atoms with Crippen molar-refractivity contribution in [3.63, 3.8) is 0 Å². The summed E-state index contributed by atoms with van der Waals surface area (Å²) in [7, 11) is 0. The molecule has 4 rings (SSSR count). The lowest BCUT2D eigenvalue weighted by molar-refractivity contribution is -0.129. The summed E-state index contributed by atoms with van der Waals surface area (Å²) in [5.74, 6) is -0.686. The maximum absolute atomic E-state index is 14.2. The molecule has 3 aliphatic rings. The molecule has 2 bridgehead atoms. The van der Waals surface area contributed by atoms with Crippen LogP contribution in [0.1, 0.15) is 35.7 Å². The fourth-order valence-corrected chi connectivity index (χ4v) is 3.82. The van der Waals surface area contributed by atoms with Crippen LogP contribution >= 0.6 is 11.6 Å². The molecule has 0 saturated carbocycles. The first-order valence-electron chi connectivity index (χ1n) is 7.89. The number of hydrogen-bond donors (Lipinski definition) is 0. The molecule has 1 aromatic carbocycles. The van der Waals surface area contributed by atoms with Gasteiger partial charge in [-0.3, -0.25) is 9.59 Å². The van der Waals surface area contributed by atoms with E-state index in [-0.39, 0.29) is 34.4 Å². The van der Waals surface area contributed by atoms with Crippen molar-refractivity contribution in [2.45, 2.75) is 32.7 Å². The van der Waals surface area contributed by atoms with Gasteiger partial charge in [0.2, 0.25) is 5.91 Å². The minimum atomic E-state index is -0.589. The van der Waals surface area contributed by atoms with Crippen LogP contribution in [0.2, 0.25) is 5.02 Å². The van der Waals surface area contributed by atoms with Crippen LogP contribution in [-0.4, -0.2) is 47.3 Å². The Morgan fingerprint density at radius 2 is 1.96 bits per heavy atom. The maximum atomic E-state index is 14.2. The van der Waals surface area contributed by atoms with Crippen LogP contribution in [0.5, 0.6) is 0 Å². The van der Waals surface area contributed by atoms with Gasteiger partial charge in [0.15, 0.2) is 0 Å². The Hall–Kier alpha value is -1.62. The van der Waals surface area contributed by atoms with E-state index >= 15 is 0 Å². The normalized spacial score (nSPS) is 23.8. The van der Waals surface area contributed by atoms with Gasteiger partial charge < -0.3 is 9.80 Å². The van der Waals surface area contributed by atoms with Crippen LogP contribution in [-0.2, 0) is 4.79 Å². The predicted octanol–water partition coefficient (Wildman–Crippen LogP) is 2.87. The zero-order chi connectivity index (χ0) is 16.7. The highest BCUT2D eigenvalue weighted by molar-refractivity contribution is 6.34. The highest BCUT2D eigenvalue weighted by atomic mass is 35.5. The van der Waals surface area contributed by atoms with Gasteiger partial charge in [-0.1, -0.05) is 17.7 Å². The second-order valence-corrected chi connectivity index (χ2v) is 6.91. The van der Waals surface area contributed by atoms with E-state index in [1.54, 1.807) is 29.7 Å². The molecule has 0 N–H and O–H groups in total. The third-order valence-electron chi connectivity index (χ3n) is 4.92. The summed E-state index contributed by atoms with van der Waals surface area (Å²) in [5, 5.41) is 0.179. The molecular weight excluding hydrogens is 319 g/mol. The van der Waals surface area contributed by atoms with Crippen molar-refractivity contribution in [2.75, 3.05) is 19.6 Å². The topological polar surface area (TPSA) is 40.6 Å². The number of hydrogen-bond acceptors (Lipinski definition) is 2. The predicted molar refractivity (Wildman–Crippen MR) is 85.9 cm³/mol. The quantitative estimate of drug-likeness (QED) is 0.790. The number of piperidine rings is 1. The van der Waals surface area contributed by atoms with Crippen LogP contribution in [0.3, 0.4) is 0 Å². The highest BCUT2D eigenvalue weighted by Gasteiger charge is 2.39. The van der Waals surface area contributed by atoms with Crippen LogP contribution in [0.4, 0.5) is 4.39 Å². The van der Waals surface area contributed by atoms with Gasteiger partial charge in [-0.05, 0) is 37.3 Å². The van der Waals surface area contributed by atoms with Crippen molar-refractivity contribution < 1.29 is 14.0 Å². The largest absolute Gasteiger partial charge is 0.341 e. The third-order valence-corrected chi connectivity index (χ3v) is 5.40. The molecule has 0 spiro atoms. The fraction of sp³-hybridized carbons (Fsp3) is 0.529. The van der Waals surface area contributed by atoms with Crippen LogP contribution in [0.25, 0.3) is 0 Å². The van der Waals surface area contributed by atoms with Crippen LogP contribution in [0, 0.1) is 18.7 Å². The van der Waals surface area contributed by atoms with Crippen molar-refractivity contribution in [3.8, 4) is 0 Å². The molecule has 3 heterocycles. The van der Waals surface area contributed by atoms with Gasteiger partial charge in [-0.15, -0.1) is 0 Å². The Bertz CT molecular complexity index is 664. The molecule has 124 valence electrons. The number of aryl methyl sites for hydroxylation is 1. The Morgan fingerprint density at radius 3 is 2.65 bits per heavy atom. The van der Waals surface area contributed by atoms with E-state index in [2.05, 4.69) is 0 Å². The summed E-state index contributed by atoms with van der Waals surface area (Å²) < 4.78 is 14.2. The summed E-state index contributed by atoms with van der Waals surface area (Å²) in [6.45, 7) is 5.04.